The van der Waals surface area contributed by atoms with Crippen LogP contribution in [0.1, 0.15) is 125 Å². The van der Waals surface area contributed by atoms with E-state index in [1.165, 1.54) is 77.6 Å². The van der Waals surface area contributed by atoms with Crippen molar-refractivity contribution in [2.24, 2.45) is 0 Å². The Bertz CT molecular complexity index is 1140. The number of unbranched alkanes of at least 4 members (excludes halogenated alkanes) is 13. The molecule has 0 aliphatic carbocycles. The van der Waals surface area contributed by atoms with Crippen molar-refractivity contribution in [1.82, 2.24) is 0 Å². The number of cyclic esters (lactones) is 1. The molecular weight excluding hydrogens is 609 g/mol. The molecule has 1 N–H and O–H groups in total. The van der Waals surface area contributed by atoms with Crippen LogP contribution in [0.25, 0.3) is 0 Å². The van der Waals surface area contributed by atoms with Crippen LogP contribution >= 0.6 is 0 Å². The molecule has 0 saturated carbocycles. The van der Waals surface area contributed by atoms with Gasteiger partial charge in [0.05, 0.1) is 6.61 Å². The first kappa shape index (κ1) is 38.8. The molecule has 3 rings (SSSR count). The third-order valence-electron chi connectivity index (χ3n) is 9.37. The molecule has 0 unspecified atom stereocenters. The van der Waals surface area contributed by atoms with Gasteiger partial charge in [-0.3, -0.25) is 0 Å². The minimum absolute atomic E-state index is 0.275. The van der Waals surface area contributed by atoms with E-state index in [9.17, 15) is 14.7 Å². The third kappa shape index (κ3) is 11.2. The number of carbonyl (C=O) groups is 2. The lowest BCUT2D eigenvalue weighted by molar-refractivity contribution is -0.155. The van der Waals surface area contributed by atoms with Crippen LogP contribution in [-0.2, 0) is 23.4 Å². The van der Waals surface area contributed by atoms with E-state index in [-0.39, 0.29) is 13.2 Å². The van der Waals surface area contributed by atoms with E-state index in [1.54, 1.807) is 0 Å². The molecule has 2 aromatic carbocycles. The van der Waals surface area contributed by atoms with Crippen molar-refractivity contribution >= 4 is 30.8 Å². The number of ether oxygens (including phenoxy) is 3. The van der Waals surface area contributed by atoms with E-state index in [1.807, 2.05) is 60.7 Å². The summed E-state index contributed by atoms with van der Waals surface area (Å²) >= 11 is 0. The van der Waals surface area contributed by atoms with Crippen LogP contribution in [0, 0.1) is 0 Å². The summed E-state index contributed by atoms with van der Waals surface area (Å²) in [6.45, 7) is 10.0. The predicted octanol–water partition coefficient (Wildman–Crippen LogP) is 8.24. The maximum Gasteiger partial charge on any atom is 0.508 e. The Morgan fingerprint density at radius 3 is 1.66 bits per heavy atom. The van der Waals surface area contributed by atoms with Gasteiger partial charge >= 0.3 is 12.1 Å². The fourth-order valence-electron chi connectivity index (χ4n) is 6.63. The predicted molar refractivity (Wildman–Crippen MR) is 191 cm³/mol. The van der Waals surface area contributed by atoms with Crippen LogP contribution in [0.3, 0.4) is 0 Å². The molecule has 1 saturated heterocycles. The minimum atomic E-state index is -3.15. The van der Waals surface area contributed by atoms with Gasteiger partial charge in [0.25, 0.3) is 8.32 Å². The minimum Gasteiger partial charge on any atom is -0.454 e. The Kier molecular flexibility index (Phi) is 16.0. The molecule has 1 aliphatic heterocycles. The summed E-state index contributed by atoms with van der Waals surface area (Å²) in [6.07, 6.45) is 14.7. The first-order chi connectivity index (χ1) is 22.5. The molecule has 0 radical (unpaired) electrons. The maximum absolute atomic E-state index is 12.9. The topological polar surface area (TPSA) is 91.3 Å². The first-order valence-corrected chi connectivity index (χ1v) is 20.0. The van der Waals surface area contributed by atoms with Crippen LogP contribution in [0.2, 0.25) is 5.04 Å². The van der Waals surface area contributed by atoms with Gasteiger partial charge in [-0.15, -0.1) is 0 Å². The lowest BCUT2D eigenvalue weighted by atomic mass is 9.99. The SMILES string of the molecule is CCCCCCCCCCCCCCCCOC(=O)OC[C@H]1OC(=O)[C@@](C)(O)[C@@H]1O[Si](c1ccccc1)(c1ccccc1)C(C)(C)C. The fourth-order valence-corrected chi connectivity index (χ4v) is 11.4. The molecule has 2 aromatic rings. The second-order valence-corrected chi connectivity index (χ2v) is 18.6. The van der Waals surface area contributed by atoms with Gasteiger partial charge in [-0.2, -0.15) is 0 Å². The van der Waals surface area contributed by atoms with Crippen molar-refractivity contribution in [3.05, 3.63) is 60.7 Å². The van der Waals surface area contributed by atoms with E-state index in [2.05, 4.69) is 27.7 Å². The van der Waals surface area contributed by atoms with Gasteiger partial charge in [0.1, 0.15) is 12.7 Å². The molecule has 0 amide bonds. The van der Waals surface area contributed by atoms with Crippen molar-refractivity contribution in [3.63, 3.8) is 0 Å². The molecule has 3 atom stereocenters. The summed E-state index contributed by atoms with van der Waals surface area (Å²) in [5, 5.41) is 13.0. The van der Waals surface area contributed by atoms with Gasteiger partial charge in [-0.05, 0) is 28.8 Å². The summed E-state index contributed by atoms with van der Waals surface area (Å²) in [5.74, 6) is -0.801. The highest BCUT2D eigenvalue weighted by Crippen LogP contribution is 2.41. The largest absolute Gasteiger partial charge is 0.508 e. The Labute approximate surface area is 284 Å². The monoisotopic (exact) mass is 668 g/mol. The molecule has 1 aliphatic rings. The van der Waals surface area contributed by atoms with E-state index < -0.39 is 43.3 Å². The number of benzene rings is 2. The summed E-state index contributed by atoms with van der Waals surface area (Å²) in [7, 11) is -3.15. The molecule has 0 bridgehead atoms. The Morgan fingerprint density at radius 2 is 1.21 bits per heavy atom. The number of hydrogen-bond acceptors (Lipinski definition) is 7. The normalized spacial score (nSPS) is 19.8. The highest BCUT2D eigenvalue weighted by molar-refractivity contribution is 6.99. The van der Waals surface area contributed by atoms with E-state index in [0.29, 0.717) is 0 Å². The highest BCUT2D eigenvalue weighted by Gasteiger charge is 2.61. The van der Waals surface area contributed by atoms with Gasteiger partial charge < -0.3 is 23.7 Å². The van der Waals surface area contributed by atoms with Crippen LogP contribution in [0.5, 0.6) is 0 Å². The van der Waals surface area contributed by atoms with E-state index >= 15 is 0 Å². The van der Waals surface area contributed by atoms with Crippen molar-refractivity contribution < 1.29 is 33.3 Å². The summed E-state index contributed by atoms with van der Waals surface area (Å²) in [5.41, 5.74) is -1.93. The third-order valence-corrected chi connectivity index (χ3v) is 14.4. The van der Waals surface area contributed by atoms with Crippen LogP contribution in [0.15, 0.2) is 60.7 Å². The lowest BCUT2D eigenvalue weighted by Crippen LogP contribution is -2.70. The Morgan fingerprint density at radius 1 is 0.766 bits per heavy atom. The molecule has 7 nitrogen and oxygen atoms in total. The molecular formula is C39H60O7Si. The Hall–Kier alpha value is -2.68. The zero-order valence-corrected chi connectivity index (χ0v) is 30.6. The zero-order valence-electron chi connectivity index (χ0n) is 29.6. The molecule has 8 heteroatoms. The van der Waals surface area contributed by atoms with Crippen molar-refractivity contribution in [3.8, 4) is 0 Å². The van der Waals surface area contributed by atoms with Gasteiger partial charge in [0, 0.05) is 0 Å². The second-order valence-electron chi connectivity index (χ2n) is 14.3. The van der Waals surface area contributed by atoms with Gasteiger partial charge in [-0.1, -0.05) is 172 Å². The summed E-state index contributed by atoms with van der Waals surface area (Å²) in [4.78, 5) is 25.4. The van der Waals surface area contributed by atoms with Crippen molar-refractivity contribution in [2.45, 2.75) is 147 Å². The molecule has 0 aromatic heterocycles. The van der Waals surface area contributed by atoms with Crippen molar-refractivity contribution in [1.29, 1.82) is 0 Å². The van der Waals surface area contributed by atoms with Crippen LogP contribution in [-0.4, -0.2) is 56.6 Å². The standard InChI is InChI=1S/C39H60O7Si/c1-6-7-8-9-10-11-12-13-14-15-16-17-18-25-30-43-37(41)44-31-34-35(39(5,42)36(40)45-34)46-47(38(2,3)4,32-26-21-19-22-27-32)33-28-23-20-24-29-33/h19-24,26-29,34-35,42H,6-18,25,30-31H2,1-5H3/t34-,35-,39+/m1/s1. The fraction of sp³-hybridized carbons (Fsp3) is 0.641. The number of hydrogen-bond donors (Lipinski definition) is 1. The molecule has 0 spiro atoms. The summed E-state index contributed by atoms with van der Waals surface area (Å²) < 4.78 is 23.4. The van der Waals surface area contributed by atoms with Gasteiger partial charge in [-0.25, -0.2) is 9.59 Å². The van der Waals surface area contributed by atoms with Crippen LogP contribution in [0.4, 0.5) is 4.79 Å². The number of esters is 1. The lowest BCUT2D eigenvalue weighted by Gasteiger charge is -2.46. The molecule has 47 heavy (non-hydrogen) atoms. The quantitative estimate of drug-likeness (QED) is 0.0814. The van der Waals surface area contributed by atoms with Gasteiger partial charge in [0.15, 0.2) is 11.7 Å². The van der Waals surface area contributed by atoms with E-state index in [0.717, 1.165) is 29.6 Å². The highest BCUT2D eigenvalue weighted by atomic mass is 28.4. The van der Waals surface area contributed by atoms with E-state index in [4.69, 9.17) is 18.6 Å². The smallest absolute Gasteiger partial charge is 0.454 e. The second kappa shape index (κ2) is 19.3. The summed E-state index contributed by atoms with van der Waals surface area (Å²) in [6, 6.07) is 19.9. The number of carbonyl (C=O) groups excluding carboxylic acids is 2. The molecule has 1 fully saturated rings. The number of aliphatic hydroxyl groups is 1. The zero-order chi connectivity index (χ0) is 34.2. The maximum atomic E-state index is 12.9. The van der Waals surface area contributed by atoms with Gasteiger partial charge in [0.2, 0.25) is 0 Å². The van der Waals surface area contributed by atoms with Crippen LogP contribution < -0.4 is 10.4 Å². The average Bonchev–Trinajstić information content (AvgIpc) is 3.26. The molecule has 1 heterocycles. The van der Waals surface area contributed by atoms with Crippen molar-refractivity contribution in [2.75, 3.05) is 13.2 Å². The molecule has 262 valence electrons. The number of rotatable bonds is 21. The average molecular weight is 669 g/mol. The first-order valence-electron chi connectivity index (χ1n) is 18.1. The Balaban J connectivity index is 1.48.